The molecule has 0 bridgehead atoms. The first-order chi connectivity index (χ1) is 10.8. The Bertz CT molecular complexity index is 582. The molecule has 3 rings (SSSR count). The molecule has 1 amide bonds. The zero-order valence-electron chi connectivity index (χ0n) is 12.7. The summed E-state index contributed by atoms with van der Waals surface area (Å²) in [4.78, 5) is 21.4. The van der Waals surface area contributed by atoms with Crippen LogP contribution in [0.4, 0.5) is 0 Å². The van der Waals surface area contributed by atoms with Gasteiger partial charge >= 0.3 is 0 Å². The fourth-order valence-electron chi connectivity index (χ4n) is 2.87. The molecule has 1 aliphatic heterocycles. The van der Waals surface area contributed by atoms with Crippen molar-refractivity contribution in [2.75, 3.05) is 13.1 Å². The first-order valence-electron chi connectivity index (χ1n) is 7.84. The minimum absolute atomic E-state index is 0.257. The molecule has 5 nitrogen and oxygen atoms in total. The predicted octanol–water partition coefficient (Wildman–Crippen LogP) is 1.73. The SMILES string of the molecule is O=C1CCC(NCCc2ncc[nH]2)CN1Cc1ccccc1. The molecule has 1 atom stereocenters. The number of benzene rings is 1. The maximum Gasteiger partial charge on any atom is 0.222 e. The number of carbonyl (C=O) groups excluding carboxylic acids is 1. The molecule has 2 N–H and O–H groups in total. The number of aromatic nitrogens is 2. The van der Waals surface area contributed by atoms with Crippen molar-refractivity contribution in [3.8, 4) is 0 Å². The number of carbonyl (C=O) groups is 1. The number of aromatic amines is 1. The summed E-state index contributed by atoms with van der Waals surface area (Å²) in [5.74, 6) is 1.26. The number of H-pyrrole nitrogens is 1. The van der Waals surface area contributed by atoms with Gasteiger partial charge in [-0.3, -0.25) is 4.79 Å². The normalized spacial score (nSPS) is 18.6. The van der Waals surface area contributed by atoms with E-state index < -0.39 is 0 Å². The third kappa shape index (κ3) is 3.95. The number of piperidine rings is 1. The molecule has 2 heterocycles. The average molecular weight is 298 g/mol. The van der Waals surface area contributed by atoms with Crippen molar-refractivity contribution in [3.63, 3.8) is 0 Å². The maximum atomic E-state index is 12.1. The van der Waals surface area contributed by atoms with Gasteiger partial charge in [0.05, 0.1) is 0 Å². The summed E-state index contributed by atoms with van der Waals surface area (Å²) >= 11 is 0. The quantitative estimate of drug-likeness (QED) is 0.854. The summed E-state index contributed by atoms with van der Waals surface area (Å²) in [6, 6.07) is 10.5. The van der Waals surface area contributed by atoms with E-state index in [2.05, 4.69) is 27.4 Å². The molecule has 0 aliphatic carbocycles. The highest BCUT2D eigenvalue weighted by molar-refractivity contribution is 5.77. The Morgan fingerprint density at radius 3 is 2.95 bits per heavy atom. The van der Waals surface area contributed by atoms with E-state index in [0.29, 0.717) is 19.0 Å². The van der Waals surface area contributed by atoms with Crippen LogP contribution in [0.5, 0.6) is 0 Å². The van der Waals surface area contributed by atoms with Gasteiger partial charge in [0.25, 0.3) is 0 Å². The number of imidazole rings is 1. The molecule has 0 saturated carbocycles. The highest BCUT2D eigenvalue weighted by Gasteiger charge is 2.25. The summed E-state index contributed by atoms with van der Waals surface area (Å²) < 4.78 is 0. The fraction of sp³-hybridized carbons (Fsp3) is 0.412. The number of rotatable bonds is 6. The zero-order valence-corrected chi connectivity index (χ0v) is 12.7. The van der Waals surface area contributed by atoms with Gasteiger partial charge in [-0.1, -0.05) is 30.3 Å². The van der Waals surface area contributed by atoms with E-state index in [1.165, 1.54) is 5.56 Å². The van der Waals surface area contributed by atoms with Crippen molar-refractivity contribution < 1.29 is 4.79 Å². The van der Waals surface area contributed by atoms with E-state index in [1.54, 1.807) is 6.20 Å². The van der Waals surface area contributed by atoms with Gasteiger partial charge in [-0.2, -0.15) is 0 Å². The molecule has 0 radical (unpaired) electrons. The smallest absolute Gasteiger partial charge is 0.222 e. The molecule has 5 heteroatoms. The summed E-state index contributed by atoms with van der Waals surface area (Å²) in [5.41, 5.74) is 1.19. The van der Waals surface area contributed by atoms with Gasteiger partial charge in [0, 0.05) is 50.9 Å². The van der Waals surface area contributed by atoms with Gasteiger partial charge in [-0.25, -0.2) is 4.98 Å². The number of hydrogen-bond donors (Lipinski definition) is 2. The molecule has 1 aromatic heterocycles. The van der Waals surface area contributed by atoms with Crippen LogP contribution >= 0.6 is 0 Å². The van der Waals surface area contributed by atoms with Gasteiger partial charge < -0.3 is 15.2 Å². The number of hydrogen-bond acceptors (Lipinski definition) is 3. The number of likely N-dealkylation sites (tertiary alicyclic amines) is 1. The number of amides is 1. The highest BCUT2D eigenvalue weighted by Crippen LogP contribution is 2.15. The van der Waals surface area contributed by atoms with E-state index in [0.717, 1.165) is 31.8 Å². The van der Waals surface area contributed by atoms with Crippen LogP contribution in [-0.4, -0.2) is 39.9 Å². The van der Waals surface area contributed by atoms with Crippen LogP contribution in [0.15, 0.2) is 42.7 Å². The third-order valence-corrected chi connectivity index (χ3v) is 4.07. The molecule has 1 aliphatic rings. The van der Waals surface area contributed by atoms with Crippen LogP contribution in [0.3, 0.4) is 0 Å². The molecule has 0 spiro atoms. The van der Waals surface area contributed by atoms with Crippen molar-refractivity contribution in [2.24, 2.45) is 0 Å². The Balaban J connectivity index is 1.49. The van der Waals surface area contributed by atoms with Crippen molar-refractivity contribution in [3.05, 3.63) is 54.1 Å². The van der Waals surface area contributed by atoms with Crippen molar-refractivity contribution in [1.82, 2.24) is 20.2 Å². The van der Waals surface area contributed by atoms with Crippen LogP contribution in [0.25, 0.3) is 0 Å². The van der Waals surface area contributed by atoms with E-state index in [1.807, 2.05) is 29.3 Å². The van der Waals surface area contributed by atoms with Gasteiger partial charge in [0.15, 0.2) is 0 Å². The van der Waals surface area contributed by atoms with Crippen LogP contribution in [0.2, 0.25) is 0 Å². The molecular weight excluding hydrogens is 276 g/mol. The minimum Gasteiger partial charge on any atom is -0.349 e. The van der Waals surface area contributed by atoms with E-state index >= 15 is 0 Å². The Morgan fingerprint density at radius 2 is 2.18 bits per heavy atom. The molecule has 116 valence electrons. The Hall–Kier alpha value is -2.14. The Kier molecular flexibility index (Phi) is 4.85. The minimum atomic E-state index is 0.257. The summed E-state index contributed by atoms with van der Waals surface area (Å²) in [6.07, 6.45) is 6.05. The molecule has 1 fully saturated rings. The van der Waals surface area contributed by atoms with Gasteiger partial charge in [0.2, 0.25) is 5.91 Å². The van der Waals surface area contributed by atoms with E-state index in [4.69, 9.17) is 0 Å². The highest BCUT2D eigenvalue weighted by atomic mass is 16.2. The van der Waals surface area contributed by atoms with Gasteiger partial charge in [0.1, 0.15) is 5.82 Å². The van der Waals surface area contributed by atoms with Gasteiger partial charge in [-0.15, -0.1) is 0 Å². The molecule has 1 unspecified atom stereocenters. The van der Waals surface area contributed by atoms with Crippen LogP contribution in [0, 0.1) is 0 Å². The third-order valence-electron chi connectivity index (χ3n) is 4.07. The fourth-order valence-corrected chi connectivity index (χ4v) is 2.87. The lowest BCUT2D eigenvalue weighted by atomic mass is 10.0. The lowest BCUT2D eigenvalue weighted by Gasteiger charge is -2.33. The summed E-state index contributed by atoms with van der Waals surface area (Å²) in [6.45, 7) is 2.37. The number of nitrogens with one attached hydrogen (secondary N) is 2. The topological polar surface area (TPSA) is 61.0 Å². The van der Waals surface area contributed by atoms with Gasteiger partial charge in [-0.05, 0) is 12.0 Å². The van der Waals surface area contributed by atoms with Crippen molar-refractivity contribution in [2.45, 2.75) is 31.8 Å². The molecule has 22 heavy (non-hydrogen) atoms. The van der Waals surface area contributed by atoms with E-state index in [9.17, 15) is 4.79 Å². The lowest BCUT2D eigenvalue weighted by molar-refractivity contribution is -0.134. The Morgan fingerprint density at radius 1 is 1.32 bits per heavy atom. The predicted molar refractivity (Wildman–Crippen MR) is 85.2 cm³/mol. The van der Waals surface area contributed by atoms with Crippen LogP contribution in [-0.2, 0) is 17.8 Å². The largest absolute Gasteiger partial charge is 0.349 e. The Labute approximate surface area is 130 Å². The molecule has 2 aromatic rings. The molecule has 1 saturated heterocycles. The summed E-state index contributed by atoms with van der Waals surface area (Å²) in [7, 11) is 0. The second kappa shape index (κ2) is 7.22. The van der Waals surface area contributed by atoms with Crippen LogP contribution < -0.4 is 5.32 Å². The molecule has 1 aromatic carbocycles. The first kappa shape index (κ1) is 14.8. The van der Waals surface area contributed by atoms with Crippen molar-refractivity contribution in [1.29, 1.82) is 0 Å². The molecular formula is C17H22N4O. The second-order valence-corrected chi connectivity index (χ2v) is 5.74. The standard InChI is InChI=1S/C17H22N4O/c22-17-7-6-15(18-9-8-16-19-10-11-20-16)13-21(17)12-14-4-2-1-3-5-14/h1-5,10-11,15,18H,6-9,12-13H2,(H,19,20). The lowest BCUT2D eigenvalue weighted by Crippen LogP contribution is -2.48. The van der Waals surface area contributed by atoms with Crippen molar-refractivity contribution >= 4 is 5.91 Å². The number of nitrogens with zero attached hydrogens (tertiary/aromatic N) is 2. The first-order valence-corrected chi connectivity index (χ1v) is 7.84. The van der Waals surface area contributed by atoms with Crippen LogP contribution in [0.1, 0.15) is 24.2 Å². The zero-order chi connectivity index (χ0) is 15.2. The van der Waals surface area contributed by atoms with E-state index in [-0.39, 0.29) is 5.91 Å². The monoisotopic (exact) mass is 298 g/mol. The average Bonchev–Trinajstić information content (AvgIpc) is 3.05. The maximum absolute atomic E-state index is 12.1. The second-order valence-electron chi connectivity index (χ2n) is 5.74. The summed E-state index contributed by atoms with van der Waals surface area (Å²) in [5, 5.41) is 3.54.